The van der Waals surface area contributed by atoms with Crippen molar-refractivity contribution in [1.29, 1.82) is 0 Å². The summed E-state index contributed by atoms with van der Waals surface area (Å²) in [6.07, 6.45) is 0. The average molecular weight is 359 g/mol. The minimum absolute atomic E-state index is 0.617. The predicted molar refractivity (Wildman–Crippen MR) is 103 cm³/mol. The van der Waals surface area contributed by atoms with E-state index in [0.717, 1.165) is 33.1 Å². The van der Waals surface area contributed by atoms with Crippen LogP contribution in [0.15, 0.2) is 36.4 Å². The molecule has 3 rings (SSSR count). The first kappa shape index (κ1) is 17.9. The number of aryl methyl sites for hydroxylation is 2. The fourth-order valence-electron chi connectivity index (χ4n) is 3.22. The molecule has 25 heavy (non-hydrogen) atoms. The summed E-state index contributed by atoms with van der Waals surface area (Å²) in [6.45, 7) is 2.05. The van der Waals surface area contributed by atoms with Gasteiger partial charge in [-0.3, -0.25) is 4.57 Å². The van der Waals surface area contributed by atoms with E-state index in [4.69, 9.17) is 9.05 Å². The van der Waals surface area contributed by atoms with Gasteiger partial charge in [0.25, 0.3) is 0 Å². The second-order valence-electron chi connectivity index (χ2n) is 6.39. The van der Waals surface area contributed by atoms with Crippen molar-refractivity contribution in [3.05, 3.63) is 42.0 Å². The first-order chi connectivity index (χ1) is 11.8. The summed E-state index contributed by atoms with van der Waals surface area (Å²) < 4.78 is 26.2. The number of hydrogen-bond donors (Lipinski definition) is 0. The Kier molecular flexibility index (Phi) is 4.58. The normalized spacial score (nSPS) is 12.1. The number of pyridine rings is 1. The van der Waals surface area contributed by atoms with Crippen molar-refractivity contribution in [3.8, 4) is 0 Å². The molecule has 132 valence electrons. The lowest BCUT2D eigenvalue weighted by Crippen LogP contribution is -2.33. The number of anilines is 1. The minimum atomic E-state index is -3.43. The Morgan fingerprint density at radius 3 is 2.08 bits per heavy atom. The lowest BCUT2D eigenvalue weighted by atomic mass is 10.1. The summed E-state index contributed by atoms with van der Waals surface area (Å²) in [5.74, 6) is 0. The van der Waals surface area contributed by atoms with Crippen molar-refractivity contribution >= 4 is 40.4 Å². The second-order valence-corrected chi connectivity index (χ2v) is 8.56. The third-order valence-electron chi connectivity index (χ3n) is 4.64. The number of aromatic nitrogens is 1. The van der Waals surface area contributed by atoms with Crippen LogP contribution in [0.3, 0.4) is 0 Å². The smallest absolute Gasteiger partial charge is 0.362 e. The molecule has 0 atom stereocenters. The molecule has 0 radical (unpaired) electrons. The average Bonchev–Trinajstić information content (AvgIpc) is 2.61. The second kappa shape index (κ2) is 6.41. The molecule has 0 N–H and O–H groups in total. The van der Waals surface area contributed by atoms with Gasteiger partial charge in [0, 0.05) is 46.1 Å². The lowest BCUT2D eigenvalue weighted by Gasteiger charge is -2.19. The van der Waals surface area contributed by atoms with E-state index in [0.29, 0.717) is 5.30 Å². The van der Waals surface area contributed by atoms with Gasteiger partial charge in [-0.25, -0.2) is 0 Å². The highest BCUT2D eigenvalue weighted by Crippen LogP contribution is 2.48. The molecular weight excluding hydrogens is 335 g/mol. The molecule has 0 saturated heterocycles. The molecule has 5 nitrogen and oxygen atoms in total. The van der Waals surface area contributed by atoms with E-state index in [-0.39, 0.29) is 0 Å². The summed E-state index contributed by atoms with van der Waals surface area (Å²) in [5.41, 5.74) is 4.19. The number of rotatable bonds is 4. The zero-order chi connectivity index (χ0) is 18.4. The maximum atomic E-state index is 13.3. The molecule has 0 unspecified atom stereocenters. The van der Waals surface area contributed by atoms with Crippen LogP contribution < -0.4 is 14.8 Å². The van der Waals surface area contributed by atoms with Crippen molar-refractivity contribution in [3.63, 3.8) is 0 Å². The molecule has 6 heteroatoms. The van der Waals surface area contributed by atoms with Gasteiger partial charge in [-0.2, -0.15) is 4.57 Å². The maximum absolute atomic E-state index is 13.3. The van der Waals surface area contributed by atoms with E-state index in [9.17, 15) is 4.57 Å². The van der Waals surface area contributed by atoms with Gasteiger partial charge >= 0.3 is 7.60 Å². The van der Waals surface area contributed by atoms with Gasteiger partial charge in [-0.05, 0) is 30.7 Å². The molecule has 0 fully saturated rings. The van der Waals surface area contributed by atoms with Crippen LogP contribution in [0.5, 0.6) is 0 Å². The van der Waals surface area contributed by atoms with Crippen molar-refractivity contribution < 1.29 is 18.2 Å². The van der Waals surface area contributed by atoms with Crippen molar-refractivity contribution in [2.75, 3.05) is 33.2 Å². The zero-order valence-electron chi connectivity index (χ0n) is 15.5. The number of fused-ring (bicyclic) bond motifs is 2. The van der Waals surface area contributed by atoms with Crippen LogP contribution in [-0.4, -0.2) is 28.3 Å². The fourth-order valence-corrected chi connectivity index (χ4v) is 4.70. The monoisotopic (exact) mass is 359 g/mol. The van der Waals surface area contributed by atoms with Gasteiger partial charge < -0.3 is 13.9 Å². The van der Waals surface area contributed by atoms with Gasteiger partial charge in [0.1, 0.15) is 7.05 Å². The van der Waals surface area contributed by atoms with Gasteiger partial charge in [0.2, 0.25) is 11.0 Å². The van der Waals surface area contributed by atoms with Crippen LogP contribution in [0.2, 0.25) is 0 Å². The molecule has 0 saturated carbocycles. The first-order valence-corrected chi connectivity index (χ1v) is 9.62. The molecule has 0 aliphatic rings. The van der Waals surface area contributed by atoms with Crippen molar-refractivity contribution in [1.82, 2.24) is 0 Å². The standard InChI is InChI=1S/C19H24N2O3P/c1-13-7-9-15-17(11-13)21(4)18-12-14(20(2)3)8-10-16(18)19(15)25(22,23-5)24-6/h7-12H,1-6H3/q+1. The lowest BCUT2D eigenvalue weighted by molar-refractivity contribution is -0.617. The maximum Gasteiger partial charge on any atom is 0.362 e. The fraction of sp³-hybridized carbons (Fsp3) is 0.316. The minimum Gasteiger partial charge on any atom is -0.377 e. The van der Waals surface area contributed by atoms with Crippen molar-refractivity contribution in [2.45, 2.75) is 6.92 Å². The number of benzene rings is 2. The Labute approximate surface area is 148 Å². The molecule has 3 aromatic rings. The van der Waals surface area contributed by atoms with Gasteiger partial charge in [0.05, 0.1) is 16.1 Å². The van der Waals surface area contributed by atoms with Crippen LogP contribution in [0.25, 0.3) is 21.8 Å². The van der Waals surface area contributed by atoms with E-state index < -0.39 is 7.60 Å². The Morgan fingerprint density at radius 2 is 1.52 bits per heavy atom. The summed E-state index contributed by atoms with van der Waals surface area (Å²) in [4.78, 5) is 2.05. The predicted octanol–water partition coefficient (Wildman–Crippen LogP) is 3.30. The van der Waals surface area contributed by atoms with Crippen LogP contribution in [0.4, 0.5) is 5.69 Å². The molecule has 1 aromatic heterocycles. The molecule has 0 aliphatic carbocycles. The summed E-state index contributed by atoms with van der Waals surface area (Å²) in [5, 5.41) is 2.37. The molecule has 2 aromatic carbocycles. The molecular formula is C19H24N2O3P+. The summed E-state index contributed by atoms with van der Waals surface area (Å²) >= 11 is 0. The highest BCUT2D eigenvalue weighted by molar-refractivity contribution is 7.63. The first-order valence-electron chi connectivity index (χ1n) is 8.08. The summed E-state index contributed by atoms with van der Waals surface area (Å²) in [6, 6.07) is 12.2. The Balaban J connectivity index is 2.57. The van der Waals surface area contributed by atoms with Crippen molar-refractivity contribution in [2.24, 2.45) is 7.05 Å². The largest absolute Gasteiger partial charge is 0.377 e. The molecule has 0 aliphatic heterocycles. The van der Waals surface area contributed by atoms with Gasteiger partial charge in [-0.1, -0.05) is 6.07 Å². The van der Waals surface area contributed by atoms with E-state index in [1.165, 1.54) is 14.2 Å². The van der Waals surface area contributed by atoms with Gasteiger partial charge in [0.15, 0.2) is 0 Å². The van der Waals surface area contributed by atoms with Gasteiger partial charge in [-0.15, -0.1) is 0 Å². The van der Waals surface area contributed by atoms with Crippen LogP contribution in [-0.2, 0) is 20.7 Å². The van der Waals surface area contributed by atoms with E-state index >= 15 is 0 Å². The molecule has 0 bridgehead atoms. The highest BCUT2D eigenvalue weighted by Gasteiger charge is 2.33. The molecule has 0 spiro atoms. The van der Waals surface area contributed by atoms with E-state index in [1.54, 1.807) is 0 Å². The quantitative estimate of drug-likeness (QED) is 0.407. The zero-order valence-corrected chi connectivity index (χ0v) is 16.4. The Bertz CT molecular complexity index is 1010. The Hall–Kier alpha value is -1.94. The van der Waals surface area contributed by atoms with Crippen LogP contribution in [0, 0.1) is 6.92 Å². The molecule has 1 heterocycles. The topological polar surface area (TPSA) is 42.7 Å². The van der Waals surface area contributed by atoms with Crippen LogP contribution in [0.1, 0.15) is 5.56 Å². The van der Waals surface area contributed by atoms with E-state index in [1.807, 2.05) is 57.2 Å². The SMILES string of the molecule is COP(=O)(OC)c1c2ccc(C)cc2[n+](C)c2cc(N(C)C)ccc12. The van der Waals surface area contributed by atoms with E-state index in [2.05, 4.69) is 16.7 Å². The third kappa shape index (κ3) is 2.82. The third-order valence-corrected chi connectivity index (χ3v) is 6.63. The Morgan fingerprint density at radius 1 is 0.960 bits per heavy atom. The molecule has 0 amide bonds. The summed E-state index contributed by atoms with van der Waals surface area (Å²) in [7, 11) is 5.46. The number of nitrogens with zero attached hydrogens (tertiary/aromatic N) is 2. The van der Waals surface area contributed by atoms with Crippen LogP contribution >= 0.6 is 7.60 Å². The highest BCUT2D eigenvalue weighted by atomic mass is 31.2. The number of hydrogen-bond acceptors (Lipinski definition) is 4.